The molecule has 3 rings (SSSR count). The first-order valence-corrected chi connectivity index (χ1v) is 8.59. The van der Waals surface area contributed by atoms with Crippen LogP contribution in [0.1, 0.15) is 25.7 Å². The molecular formula is C17H21ClN4O2. The summed E-state index contributed by atoms with van der Waals surface area (Å²) in [6.07, 6.45) is 2.28. The summed E-state index contributed by atoms with van der Waals surface area (Å²) in [5, 5.41) is 10.9. The first-order valence-electron chi connectivity index (χ1n) is 8.21. The number of nitrogens with zero attached hydrogens (tertiary/aromatic N) is 2. The number of halogens is 1. The van der Waals surface area contributed by atoms with Crippen molar-refractivity contribution in [2.75, 3.05) is 13.1 Å². The van der Waals surface area contributed by atoms with Crippen LogP contribution in [0.2, 0.25) is 5.02 Å². The third kappa shape index (κ3) is 4.33. The average Bonchev–Trinajstić information content (AvgIpc) is 3.04. The number of amides is 1. The fourth-order valence-corrected chi connectivity index (χ4v) is 3.10. The largest absolute Gasteiger partial charge is 0.355 e. The molecule has 7 heteroatoms. The lowest BCUT2D eigenvalue weighted by atomic mass is 9.92. The normalized spacial score (nSPS) is 20.8. The highest BCUT2D eigenvalue weighted by Crippen LogP contribution is 2.20. The number of piperidine rings is 1. The van der Waals surface area contributed by atoms with Crippen molar-refractivity contribution >= 4 is 17.5 Å². The van der Waals surface area contributed by atoms with Crippen LogP contribution in [-0.2, 0) is 11.2 Å². The molecule has 0 saturated carbocycles. The van der Waals surface area contributed by atoms with Crippen LogP contribution in [0.5, 0.6) is 0 Å². The molecule has 1 aromatic carbocycles. The van der Waals surface area contributed by atoms with Crippen LogP contribution in [0.15, 0.2) is 28.8 Å². The number of hydrogen-bond acceptors (Lipinski definition) is 5. The maximum absolute atomic E-state index is 12.2. The van der Waals surface area contributed by atoms with Gasteiger partial charge in [-0.05, 0) is 38.4 Å². The maximum atomic E-state index is 12.2. The number of aromatic nitrogens is 2. The van der Waals surface area contributed by atoms with Crippen LogP contribution >= 0.6 is 11.6 Å². The smallest absolute Gasteiger partial charge is 0.228 e. The standard InChI is InChI=1S/C17H21ClN4O2/c1-11-9-13(5-7-19-11)17(23)20-8-6-15-21-16(22-24-15)12-3-2-4-14(18)10-12/h2-4,10-11,13,19H,5-9H2,1H3,(H,20,23)/t11-,13-/m0/s1. The van der Waals surface area contributed by atoms with Crippen LogP contribution in [-0.4, -0.2) is 35.2 Å². The number of benzene rings is 1. The molecule has 1 saturated heterocycles. The van der Waals surface area contributed by atoms with E-state index < -0.39 is 0 Å². The summed E-state index contributed by atoms with van der Waals surface area (Å²) < 4.78 is 5.24. The minimum absolute atomic E-state index is 0.0888. The Morgan fingerprint density at radius 2 is 2.38 bits per heavy atom. The van der Waals surface area contributed by atoms with Gasteiger partial charge in [0, 0.05) is 35.5 Å². The molecule has 128 valence electrons. The summed E-state index contributed by atoms with van der Waals surface area (Å²) >= 11 is 5.97. The first kappa shape index (κ1) is 16.9. The summed E-state index contributed by atoms with van der Waals surface area (Å²) in [4.78, 5) is 16.5. The van der Waals surface area contributed by atoms with Gasteiger partial charge in [0.25, 0.3) is 0 Å². The summed E-state index contributed by atoms with van der Waals surface area (Å²) in [6, 6.07) is 7.69. The SMILES string of the molecule is C[C@H]1C[C@@H](C(=O)NCCc2nc(-c3cccc(Cl)c3)no2)CCN1. The fourth-order valence-electron chi connectivity index (χ4n) is 2.91. The van der Waals surface area contributed by atoms with E-state index in [0.717, 1.165) is 24.9 Å². The van der Waals surface area contributed by atoms with Gasteiger partial charge in [-0.15, -0.1) is 0 Å². The molecule has 0 radical (unpaired) electrons. The molecule has 0 unspecified atom stereocenters. The molecule has 1 aromatic heterocycles. The van der Waals surface area contributed by atoms with Gasteiger partial charge in [0.15, 0.2) is 0 Å². The Bertz CT molecular complexity index is 703. The summed E-state index contributed by atoms with van der Waals surface area (Å²) in [5.74, 6) is 1.21. The highest BCUT2D eigenvalue weighted by molar-refractivity contribution is 6.30. The molecule has 2 aromatic rings. The zero-order valence-corrected chi connectivity index (χ0v) is 14.3. The van der Waals surface area contributed by atoms with Gasteiger partial charge in [-0.2, -0.15) is 4.98 Å². The van der Waals surface area contributed by atoms with E-state index in [0.29, 0.717) is 35.7 Å². The maximum Gasteiger partial charge on any atom is 0.228 e. The molecule has 1 aliphatic heterocycles. The van der Waals surface area contributed by atoms with Crippen molar-refractivity contribution in [2.24, 2.45) is 5.92 Å². The Morgan fingerprint density at radius 1 is 1.50 bits per heavy atom. The van der Waals surface area contributed by atoms with E-state index in [9.17, 15) is 4.79 Å². The van der Waals surface area contributed by atoms with Gasteiger partial charge in [0.1, 0.15) is 0 Å². The Balaban J connectivity index is 1.50. The van der Waals surface area contributed by atoms with Crippen molar-refractivity contribution in [1.82, 2.24) is 20.8 Å². The molecule has 2 atom stereocenters. The lowest BCUT2D eigenvalue weighted by molar-refractivity contribution is -0.126. The summed E-state index contributed by atoms with van der Waals surface area (Å²) in [6.45, 7) is 3.50. The minimum atomic E-state index is 0.0888. The number of carbonyl (C=O) groups excluding carboxylic acids is 1. The van der Waals surface area contributed by atoms with Gasteiger partial charge in [0.2, 0.25) is 17.6 Å². The Labute approximate surface area is 146 Å². The quantitative estimate of drug-likeness (QED) is 0.867. The Hall–Kier alpha value is -1.92. The van der Waals surface area contributed by atoms with Gasteiger partial charge >= 0.3 is 0 Å². The van der Waals surface area contributed by atoms with E-state index in [4.69, 9.17) is 16.1 Å². The van der Waals surface area contributed by atoms with E-state index in [1.54, 1.807) is 12.1 Å². The molecule has 24 heavy (non-hydrogen) atoms. The second kappa shape index (κ2) is 7.77. The fraction of sp³-hybridized carbons (Fsp3) is 0.471. The van der Waals surface area contributed by atoms with Gasteiger partial charge in [-0.25, -0.2) is 0 Å². The Morgan fingerprint density at radius 3 is 3.17 bits per heavy atom. The van der Waals surface area contributed by atoms with Crippen molar-refractivity contribution in [2.45, 2.75) is 32.2 Å². The first-order chi connectivity index (χ1) is 11.6. The molecule has 2 heterocycles. The molecule has 1 aliphatic rings. The van der Waals surface area contributed by atoms with Gasteiger partial charge < -0.3 is 15.2 Å². The van der Waals surface area contributed by atoms with Gasteiger partial charge in [-0.1, -0.05) is 28.9 Å². The zero-order valence-electron chi connectivity index (χ0n) is 13.6. The average molecular weight is 349 g/mol. The third-order valence-electron chi connectivity index (χ3n) is 4.18. The number of hydrogen-bond donors (Lipinski definition) is 2. The van der Waals surface area contributed by atoms with Crippen molar-refractivity contribution in [3.63, 3.8) is 0 Å². The van der Waals surface area contributed by atoms with E-state index >= 15 is 0 Å². The molecular weight excluding hydrogens is 328 g/mol. The number of carbonyl (C=O) groups is 1. The van der Waals surface area contributed by atoms with Crippen molar-refractivity contribution in [3.8, 4) is 11.4 Å². The van der Waals surface area contributed by atoms with Crippen LogP contribution in [0.25, 0.3) is 11.4 Å². The van der Waals surface area contributed by atoms with Crippen molar-refractivity contribution in [3.05, 3.63) is 35.2 Å². The second-order valence-electron chi connectivity index (χ2n) is 6.14. The lowest BCUT2D eigenvalue weighted by Crippen LogP contribution is -2.42. The Kier molecular flexibility index (Phi) is 5.48. The second-order valence-corrected chi connectivity index (χ2v) is 6.58. The minimum Gasteiger partial charge on any atom is -0.355 e. The van der Waals surface area contributed by atoms with Gasteiger partial charge in [-0.3, -0.25) is 4.79 Å². The molecule has 0 spiro atoms. The summed E-state index contributed by atoms with van der Waals surface area (Å²) in [7, 11) is 0. The van der Waals surface area contributed by atoms with Crippen LogP contribution in [0, 0.1) is 5.92 Å². The highest BCUT2D eigenvalue weighted by atomic mass is 35.5. The molecule has 0 bridgehead atoms. The van der Waals surface area contributed by atoms with Crippen LogP contribution in [0.3, 0.4) is 0 Å². The molecule has 2 N–H and O–H groups in total. The third-order valence-corrected chi connectivity index (χ3v) is 4.42. The molecule has 1 amide bonds. The van der Waals surface area contributed by atoms with E-state index in [-0.39, 0.29) is 11.8 Å². The predicted octanol–water partition coefficient (Wildman–Crippen LogP) is 2.44. The lowest BCUT2D eigenvalue weighted by Gasteiger charge is -2.27. The van der Waals surface area contributed by atoms with Gasteiger partial charge in [0.05, 0.1) is 0 Å². The zero-order chi connectivity index (χ0) is 16.9. The molecule has 0 aliphatic carbocycles. The topological polar surface area (TPSA) is 80.1 Å². The van der Waals surface area contributed by atoms with Crippen molar-refractivity contribution in [1.29, 1.82) is 0 Å². The monoisotopic (exact) mass is 348 g/mol. The van der Waals surface area contributed by atoms with Crippen LogP contribution in [0.4, 0.5) is 0 Å². The van der Waals surface area contributed by atoms with E-state index in [1.807, 2.05) is 12.1 Å². The highest BCUT2D eigenvalue weighted by Gasteiger charge is 2.24. The van der Waals surface area contributed by atoms with Crippen LogP contribution < -0.4 is 10.6 Å². The number of rotatable bonds is 5. The van der Waals surface area contributed by atoms with E-state index in [2.05, 4.69) is 27.7 Å². The molecule has 1 fully saturated rings. The van der Waals surface area contributed by atoms with Crippen molar-refractivity contribution < 1.29 is 9.32 Å². The van der Waals surface area contributed by atoms with E-state index in [1.165, 1.54) is 0 Å². The predicted molar refractivity (Wildman–Crippen MR) is 91.6 cm³/mol. The molecule has 6 nitrogen and oxygen atoms in total. The number of nitrogens with one attached hydrogen (secondary N) is 2. The summed E-state index contributed by atoms with van der Waals surface area (Å²) in [5.41, 5.74) is 0.810.